The van der Waals surface area contributed by atoms with Crippen LogP contribution in [0.5, 0.6) is 17.2 Å². The number of nitrogens with two attached hydrogens (primary N) is 1. The van der Waals surface area contributed by atoms with E-state index in [1.165, 1.54) is 10.4 Å². The first-order valence-corrected chi connectivity index (χ1v) is 16.3. The van der Waals surface area contributed by atoms with Crippen molar-refractivity contribution in [1.82, 2.24) is 19.3 Å². The van der Waals surface area contributed by atoms with Gasteiger partial charge in [0.2, 0.25) is 10.0 Å². The fourth-order valence-corrected chi connectivity index (χ4v) is 7.20. The summed E-state index contributed by atoms with van der Waals surface area (Å²) in [6, 6.07) is 14.4. The van der Waals surface area contributed by atoms with Crippen LogP contribution < -0.4 is 19.9 Å². The molecule has 2 N–H and O–H groups in total. The van der Waals surface area contributed by atoms with Crippen molar-refractivity contribution in [3.63, 3.8) is 0 Å². The molecule has 0 amide bonds. The lowest BCUT2D eigenvalue weighted by molar-refractivity contribution is -0.143. The topological polar surface area (TPSA) is 148 Å². The lowest BCUT2D eigenvalue weighted by Gasteiger charge is -2.24. The summed E-state index contributed by atoms with van der Waals surface area (Å²) in [4.78, 5) is 12.9. The molecule has 13 heteroatoms. The Morgan fingerprint density at radius 3 is 2.69 bits per heavy atom. The van der Waals surface area contributed by atoms with E-state index in [1.807, 2.05) is 44.2 Å². The normalized spacial score (nSPS) is 16.8. The highest BCUT2D eigenvalue weighted by molar-refractivity contribution is 7.89. The number of ether oxygens (including phenoxy) is 4. The molecule has 0 saturated carbocycles. The van der Waals surface area contributed by atoms with E-state index >= 15 is 0 Å². The minimum absolute atomic E-state index is 0.0695. The van der Waals surface area contributed by atoms with Gasteiger partial charge >= 0.3 is 5.97 Å². The Balaban J connectivity index is 1.53. The minimum Gasteiger partial charge on any atom is -0.494 e. The molecule has 3 aromatic carbocycles. The Labute approximate surface area is 263 Å². The Morgan fingerprint density at radius 2 is 1.96 bits per heavy atom. The van der Waals surface area contributed by atoms with Crippen LogP contribution in [0, 0.1) is 6.92 Å². The van der Waals surface area contributed by atoms with Gasteiger partial charge in [-0.05, 0) is 67.3 Å². The first kappa shape index (κ1) is 32.2. The molecule has 5 rings (SSSR count). The van der Waals surface area contributed by atoms with Gasteiger partial charge in [-0.2, -0.15) is 4.31 Å². The third-order valence-electron chi connectivity index (χ3n) is 7.82. The highest BCUT2D eigenvalue weighted by atomic mass is 32.2. The second-order valence-electron chi connectivity index (χ2n) is 11.0. The predicted octanol–water partition coefficient (Wildman–Crippen LogP) is 3.68. The Bertz CT molecular complexity index is 1810. The van der Waals surface area contributed by atoms with Crippen LogP contribution in [0.15, 0.2) is 53.4 Å². The number of methoxy groups -OCH3 is 1. The molecule has 0 radical (unpaired) electrons. The zero-order valence-corrected chi connectivity index (χ0v) is 27.0. The van der Waals surface area contributed by atoms with Crippen molar-refractivity contribution in [3.05, 3.63) is 70.8 Å². The van der Waals surface area contributed by atoms with Gasteiger partial charge in [0, 0.05) is 32.1 Å². The summed E-state index contributed by atoms with van der Waals surface area (Å²) in [6.45, 7) is 6.69. The van der Waals surface area contributed by atoms with Crippen LogP contribution in [0.2, 0.25) is 0 Å². The monoisotopic (exact) mass is 637 g/mol. The molecular weight excluding hydrogens is 598 g/mol. The largest absolute Gasteiger partial charge is 0.494 e. The summed E-state index contributed by atoms with van der Waals surface area (Å²) in [5, 5.41) is 8.41. The fourth-order valence-electron chi connectivity index (χ4n) is 5.60. The van der Waals surface area contributed by atoms with Gasteiger partial charge in [0.15, 0.2) is 0 Å². The third kappa shape index (κ3) is 6.75. The highest BCUT2D eigenvalue weighted by Crippen LogP contribution is 2.38. The zero-order valence-electron chi connectivity index (χ0n) is 26.1. The molecule has 45 heavy (non-hydrogen) atoms. The van der Waals surface area contributed by atoms with Gasteiger partial charge in [-0.25, -0.2) is 13.1 Å². The standard InChI is InChI=1S/C32H39N5O7S/c1-6-42-31(38)17-26(23-14-27-32(29(15-23)41-5)36(4)35-34-27)22-8-7-20(2)24(13-22)19-37-18-21(3)44-28-16-25(43-12-11-33)9-10-30(28)45(37,39)40/h7-10,13-16,21,26H,6,11-12,17-19,33H2,1-5H3/t21-,26?/m1/s1. The van der Waals surface area contributed by atoms with Crippen LogP contribution >= 0.6 is 0 Å². The second kappa shape index (κ2) is 13.4. The summed E-state index contributed by atoms with van der Waals surface area (Å²) in [5.74, 6) is 0.543. The molecule has 1 aromatic heterocycles. The van der Waals surface area contributed by atoms with Crippen molar-refractivity contribution in [1.29, 1.82) is 0 Å². The maximum absolute atomic E-state index is 14.0. The molecular formula is C32H39N5O7S. The van der Waals surface area contributed by atoms with E-state index < -0.39 is 22.0 Å². The Kier molecular flexibility index (Phi) is 9.61. The predicted molar refractivity (Wildman–Crippen MR) is 168 cm³/mol. The van der Waals surface area contributed by atoms with E-state index in [2.05, 4.69) is 10.3 Å². The van der Waals surface area contributed by atoms with Crippen molar-refractivity contribution >= 4 is 27.0 Å². The van der Waals surface area contributed by atoms with Crippen molar-refractivity contribution in [2.75, 3.05) is 33.4 Å². The lowest BCUT2D eigenvalue weighted by Crippen LogP contribution is -2.35. The van der Waals surface area contributed by atoms with Crippen LogP contribution in [0.1, 0.15) is 48.4 Å². The number of fused-ring (bicyclic) bond motifs is 2. The maximum atomic E-state index is 14.0. The van der Waals surface area contributed by atoms with Crippen LogP contribution in [-0.4, -0.2) is 73.2 Å². The second-order valence-corrected chi connectivity index (χ2v) is 12.9. The first-order valence-electron chi connectivity index (χ1n) is 14.8. The third-order valence-corrected chi connectivity index (χ3v) is 9.67. The van der Waals surface area contributed by atoms with Crippen molar-refractivity contribution in [3.8, 4) is 17.2 Å². The number of rotatable bonds is 11. The molecule has 1 unspecified atom stereocenters. The number of aryl methyl sites for hydroxylation is 2. The molecule has 1 aliphatic heterocycles. The number of benzene rings is 3. The molecule has 0 spiro atoms. The van der Waals surface area contributed by atoms with Gasteiger partial charge < -0.3 is 24.7 Å². The number of nitrogens with zero attached hydrogens (tertiary/aromatic N) is 4. The lowest BCUT2D eigenvalue weighted by atomic mass is 9.86. The molecule has 240 valence electrons. The van der Waals surface area contributed by atoms with Crippen molar-refractivity contribution < 1.29 is 32.2 Å². The fraction of sp³-hybridized carbons (Fsp3) is 0.406. The molecule has 4 aromatic rings. The van der Waals surface area contributed by atoms with Crippen LogP contribution in [0.4, 0.5) is 0 Å². The van der Waals surface area contributed by atoms with Crippen LogP contribution in [-0.2, 0) is 33.1 Å². The summed E-state index contributed by atoms with van der Waals surface area (Å²) in [5.41, 5.74) is 10.3. The van der Waals surface area contributed by atoms with Gasteiger partial charge in [0.1, 0.15) is 45.9 Å². The highest BCUT2D eigenvalue weighted by Gasteiger charge is 2.34. The number of carbonyl (C=O) groups is 1. The first-order chi connectivity index (χ1) is 21.5. The van der Waals surface area contributed by atoms with E-state index in [0.29, 0.717) is 30.2 Å². The smallest absolute Gasteiger partial charge is 0.306 e. The van der Waals surface area contributed by atoms with Gasteiger partial charge in [-0.1, -0.05) is 23.4 Å². The SMILES string of the molecule is CCOC(=O)CC(c1ccc(C)c(CN2C[C@@H](C)Oc3cc(OCCN)ccc3S2(=O)=O)c1)c1cc(OC)c2c(c1)nnn2C. The summed E-state index contributed by atoms with van der Waals surface area (Å²) in [6.07, 6.45) is -0.350. The van der Waals surface area contributed by atoms with Gasteiger partial charge in [0.25, 0.3) is 0 Å². The molecule has 0 aliphatic carbocycles. The number of aromatic nitrogens is 3. The van der Waals surface area contributed by atoms with E-state index in [4.69, 9.17) is 24.7 Å². The molecule has 0 saturated heterocycles. The quantitative estimate of drug-likeness (QED) is 0.242. The molecule has 1 aliphatic rings. The number of carbonyl (C=O) groups excluding carboxylic acids is 1. The summed E-state index contributed by atoms with van der Waals surface area (Å²) >= 11 is 0. The Morgan fingerprint density at radius 1 is 1.16 bits per heavy atom. The number of hydrogen-bond donors (Lipinski definition) is 1. The maximum Gasteiger partial charge on any atom is 0.306 e. The number of esters is 1. The van der Waals surface area contributed by atoms with Crippen LogP contribution in [0.25, 0.3) is 11.0 Å². The average molecular weight is 638 g/mol. The number of sulfonamides is 1. The molecule has 0 fully saturated rings. The zero-order chi connectivity index (χ0) is 32.3. The van der Waals surface area contributed by atoms with Crippen molar-refractivity contribution in [2.24, 2.45) is 12.8 Å². The minimum atomic E-state index is -3.93. The van der Waals surface area contributed by atoms with Gasteiger partial charge in [0.05, 0.1) is 26.7 Å². The molecule has 2 atom stereocenters. The van der Waals surface area contributed by atoms with E-state index in [-0.39, 0.29) is 42.7 Å². The van der Waals surface area contributed by atoms with Crippen LogP contribution in [0.3, 0.4) is 0 Å². The van der Waals surface area contributed by atoms with Crippen molar-refractivity contribution in [2.45, 2.75) is 50.7 Å². The van der Waals surface area contributed by atoms with E-state index in [1.54, 1.807) is 37.9 Å². The van der Waals surface area contributed by atoms with E-state index in [9.17, 15) is 13.2 Å². The molecule has 0 bridgehead atoms. The van der Waals surface area contributed by atoms with E-state index in [0.717, 1.165) is 27.8 Å². The molecule has 2 heterocycles. The Hall–Kier alpha value is -4.20. The van der Waals surface area contributed by atoms with Gasteiger partial charge in [-0.3, -0.25) is 4.79 Å². The summed E-state index contributed by atoms with van der Waals surface area (Å²) < 4.78 is 53.6. The average Bonchev–Trinajstić information content (AvgIpc) is 3.35. The van der Waals surface area contributed by atoms with Gasteiger partial charge in [-0.15, -0.1) is 5.10 Å². The molecule has 12 nitrogen and oxygen atoms in total. The number of hydrogen-bond acceptors (Lipinski definition) is 10. The summed E-state index contributed by atoms with van der Waals surface area (Å²) in [7, 11) is -0.562.